The molecule has 0 aromatic carbocycles. The summed E-state index contributed by atoms with van der Waals surface area (Å²) in [5, 5.41) is 7.24. The fourth-order valence-corrected chi connectivity index (χ4v) is 1.99. The van der Waals surface area contributed by atoms with E-state index in [0.717, 1.165) is 18.5 Å². The van der Waals surface area contributed by atoms with E-state index in [1.807, 2.05) is 6.92 Å². The molecule has 0 aliphatic heterocycles. The second-order valence-corrected chi connectivity index (χ2v) is 3.67. The Bertz CT molecular complexity index is 377. The van der Waals surface area contributed by atoms with Crippen LogP contribution < -0.4 is 0 Å². The van der Waals surface area contributed by atoms with Crippen molar-refractivity contribution in [2.45, 2.75) is 38.6 Å². The number of nitrogens with one attached hydrogen (secondary N) is 1. The Kier molecular flexibility index (Phi) is 2.46. The van der Waals surface area contributed by atoms with Crippen LogP contribution in [0.3, 0.4) is 0 Å². The molecule has 0 fully saturated rings. The number of aromatic nitrogens is 2. The van der Waals surface area contributed by atoms with Gasteiger partial charge in [0.15, 0.2) is 0 Å². The molecule has 1 aromatic rings. The number of fused-ring (bicyclic) bond motifs is 1. The lowest BCUT2D eigenvalue weighted by atomic mass is 9.94. The second kappa shape index (κ2) is 3.76. The number of aryl methyl sites for hydroxylation is 1. The quantitative estimate of drug-likeness (QED) is 0.571. The van der Waals surface area contributed by atoms with Gasteiger partial charge in [0.2, 0.25) is 6.08 Å². The first-order valence-corrected chi connectivity index (χ1v) is 4.96. The van der Waals surface area contributed by atoms with Crippen molar-refractivity contribution in [2.75, 3.05) is 0 Å². The monoisotopic (exact) mass is 191 g/mol. The Morgan fingerprint density at radius 3 is 3.07 bits per heavy atom. The molecule has 0 spiro atoms. The molecular weight excluding hydrogens is 178 g/mol. The van der Waals surface area contributed by atoms with Crippen LogP contribution in [0, 0.1) is 0 Å². The fourth-order valence-electron chi connectivity index (χ4n) is 1.99. The number of H-pyrrole nitrogens is 1. The zero-order valence-electron chi connectivity index (χ0n) is 8.21. The van der Waals surface area contributed by atoms with Gasteiger partial charge in [-0.2, -0.15) is 10.1 Å². The van der Waals surface area contributed by atoms with Crippen molar-refractivity contribution in [2.24, 2.45) is 4.99 Å². The molecule has 1 heterocycles. The Balaban J connectivity index is 2.34. The van der Waals surface area contributed by atoms with Gasteiger partial charge in [-0.05, 0) is 38.2 Å². The van der Waals surface area contributed by atoms with Crippen molar-refractivity contribution in [3.05, 3.63) is 17.0 Å². The van der Waals surface area contributed by atoms with Gasteiger partial charge < -0.3 is 0 Å². The number of rotatable bonds is 2. The molecule has 0 saturated carbocycles. The fraction of sp³-hybridized carbons (Fsp3) is 0.600. The van der Waals surface area contributed by atoms with E-state index >= 15 is 0 Å². The summed E-state index contributed by atoms with van der Waals surface area (Å²) in [6, 6.07) is -0.161. The van der Waals surface area contributed by atoms with Gasteiger partial charge in [-0.1, -0.05) is 0 Å². The first-order valence-electron chi connectivity index (χ1n) is 4.96. The van der Waals surface area contributed by atoms with Gasteiger partial charge in [0.05, 0.1) is 5.69 Å². The lowest BCUT2D eigenvalue weighted by Crippen LogP contribution is -2.03. The maximum Gasteiger partial charge on any atom is 0.235 e. The summed E-state index contributed by atoms with van der Waals surface area (Å²) in [5.41, 5.74) is 3.41. The second-order valence-electron chi connectivity index (χ2n) is 3.67. The van der Waals surface area contributed by atoms with Crippen LogP contribution in [0.1, 0.15) is 42.8 Å². The van der Waals surface area contributed by atoms with Crippen LogP contribution in [0.4, 0.5) is 0 Å². The minimum absolute atomic E-state index is 0.161. The van der Waals surface area contributed by atoms with Crippen LogP contribution in [0.5, 0.6) is 0 Å². The van der Waals surface area contributed by atoms with E-state index in [1.165, 1.54) is 24.1 Å². The molecule has 4 heteroatoms. The number of isocyanates is 1. The molecule has 0 radical (unpaired) electrons. The van der Waals surface area contributed by atoms with Crippen molar-refractivity contribution >= 4 is 6.08 Å². The highest BCUT2D eigenvalue weighted by Crippen LogP contribution is 2.27. The van der Waals surface area contributed by atoms with E-state index in [0.29, 0.717) is 0 Å². The van der Waals surface area contributed by atoms with Crippen LogP contribution in [0.25, 0.3) is 0 Å². The summed E-state index contributed by atoms with van der Waals surface area (Å²) in [6.07, 6.45) is 6.14. The van der Waals surface area contributed by atoms with E-state index < -0.39 is 0 Å². The summed E-state index contributed by atoms with van der Waals surface area (Å²) in [5.74, 6) is 0. The molecule has 1 aromatic heterocycles. The zero-order valence-corrected chi connectivity index (χ0v) is 8.21. The highest BCUT2D eigenvalue weighted by molar-refractivity contribution is 5.36. The number of aromatic amines is 1. The van der Waals surface area contributed by atoms with Crippen molar-refractivity contribution in [1.82, 2.24) is 10.2 Å². The number of hydrogen-bond acceptors (Lipinski definition) is 3. The molecule has 0 bridgehead atoms. The molecule has 2 rings (SSSR count). The predicted octanol–water partition coefficient (Wildman–Crippen LogP) is 1.69. The largest absolute Gasteiger partial charge is 0.282 e. The van der Waals surface area contributed by atoms with E-state index in [-0.39, 0.29) is 6.04 Å². The molecule has 1 unspecified atom stereocenters. The van der Waals surface area contributed by atoms with E-state index in [2.05, 4.69) is 15.2 Å². The summed E-state index contributed by atoms with van der Waals surface area (Å²) < 4.78 is 0. The number of carbonyl (C=O) groups excluding carboxylic acids is 1. The van der Waals surface area contributed by atoms with Crippen LogP contribution in [0.15, 0.2) is 4.99 Å². The van der Waals surface area contributed by atoms with Gasteiger partial charge in [-0.15, -0.1) is 0 Å². The molecular formula is C10H13N3O. The molecule has 1 aliphatic carbocycles. The van der Waals surface area contributed by atoms with Crippen LogP contribution in [0.2, 0.25) is 0 Å². The molecule has 0 saturated heterocycles. The average molecular weight is 191 g/mol. The van der Waals surface area contributed by atoms with Crippen molar-refractivity contribution in [3.8, 4) is 0 Å². The Labute approximate surface area is 82.4 Å². The summed E-state index contributed by atoms with van der Waals surface area (Å²) in [6.45, 7) is 1.87. The Morgan fingerprint density at radius 1 is 1.50 bits per heavy atom. The first kappa shape index (κ1) is 9.16. The topological polar surface area (TPSA) is 58.1 Å². The number of aliphatic imine (C=N–C) groups is 1. The minimum atomic E-state index is -0.161. The molecule has 1 N–H and O–H groups in total. The maximum atomic E-state index is 10.1. The third-order valence-corrected chi connectivity index (χ3v) is 2.73. The summed E-state index contributed by atoms with van der Waals surface area (Å²) in [4.78, 5) is 13.8. The van der Waals surface area contributed by atoms with Gasteiger partial charge in [0.25, 0.3) is 0 Å². The average Bonchev–Trinajstić information content (AvgIpc) is 2.61. The highest BCUT2D eigenvalue weighted by Gasteiger charge is 2.19. The standard InChI is InChI=1S/C10H13N3O/c1-7(11-6-14)10-8-4-2-3-5-9(8)12-13-10/h7H,2-5H2,1H3,(H,12,13). The van der Waals surface area contributed by atoms with Gasteiger partial charge in [-0.3, -0.25) is 5.10 Å². The molecule has 74 valence electrons. The van der Waals surface area contributed by atoms with Crippen molar-refractivity contribution in [1.29, 1.82) is 0 Å². The minimum Gasteiger partial charge on any atom is -0.282 e. The molecule has 4 nitrogen and oxygen atoms in total. The summed E-state index contributed by atoms with van der Waals surface area (Å²) in [7, 11) is 0. The van der Waals surface area contributed by atoms with Crippen molar-refractivity contribution < 1.29 is 4.79 Å². The SMILES string of the molecule is CC(N=C=O)c1n[nH]c2c1CCCC2. The lowest BCUT2D eigenvalue weighted by molar-refractivity contribution is 0.558. The Hall–Kier alpha value is -1.41. The zero-order chi connectivity index (χ0) is 9.97. The van der Waals surface area contributed by atoms with E-state index in [1.54, 1.807) is 6.08 Å². The lowest BCUT2D eigenvalue weighted by Gasteiger charge is -2.11. The maximum absolute atomic E-state index is 10.1. The van der Waals surface area contributed by atoms with Gasteiger partial charge in [0.1, 0.15) is 6.04 Å². The third kappa shape index (κ3) is 1.49. The first-order chi connectivity index (χ1) is 6.83. The number of nitrogens with zero attached hydrogens (tertiary/aromatic N) is 2. The smallest absolute Gasteiger partial charge is 0.235 e. The Morgan fingerprint density at radius 2 is 2.29 bits per heavy atom. The molecule has 1 atom stereocenters. The number of hydrogen-bond donors (Lipinski definition) is 1. The molecule has 14 heavy (non-hydrogen) atoms. The molecule has 1 aliphatic rings. The van der Waals surface area contributed by atoms with Crippen LogP contribution in [-0.2, 0) is 17.6 Å². The van der Waals surface area contributed by atoms with Gasteiger partial charge >= 0.3 is 0 Å². The summed E-state index contributed by atoms with van der Waals surface area (Å²) >= 11 is 0. The normalized spacial score (nSPS) is 16.9. The highest BCUT2D eigenvalue weighted by atomic mass is 16.1. The van der Waals surface area contributed by atoms with Crippen molar-refractivity contribution in [3.63, 3.8) is 0 Å². The van der Waals surface area contributed by atoms with Crippen LogP contribution in [-0.4, -0.2) is 16.3 Å². The van der Waals surface area contributed by atoms with Gasteiger partial charge in [0, 0.05) is 5.69 Å². The molecule has 0 amide bonds. The van der Waals surface area contributed by atoms with E-state index in [4.69, 9.17) is 0 Å². The van der Waals surface area contributed by atoms with E-state index in [9.17, 15) is 4.79 Å². The van der Waals surface area contributed by atoms with Gasteiger partial charge in [-0.25, -0.2) is 4.79 Å². The van der Waals surface area contributed by atoms with Crippen LogP contribution >= 0.6 is 0 Å². The predicted molar refractivity (Wildman–Crippen MR) is 51.8 cm³/mol. The third-order valence-electron chi connectivity index (χ3n) is 2.73.